The minimum absolute atomic E-state index is 0.405. The number of benzene rings is 1. The van der Waals surface area contributed by atoms with Crippen LogP contribution in [0, 0.1) is 5.92 Å². The van der Waals surface area contributed by atoms with Gasteiger partial charge in [-0.1, -0.05) is 26.0 Å². The van der Waals surface area contributed by atoms with E-state index in [2.05, 4.69) is 26.0 Å². The average Bonchev–Trinajstić information content (AvgIpc) is 2.26. The maximum Gasteiger partial charge on any atom is 0.119 e. The first-order chi connectivity index (χ1) is 6.76. The summed E-state index contributed by atoms with van der Waals surface area (Å²) in [6.07, 6.45) is 1.04. The van der Waals surface area contributed by atoms with Crippen LogP contribution in [0.1, 0.15) is 19.4 Å². The smallest absolute Gasteiger partial charge is 0.119 e. The number of hydrogen-bond donors (Lipinski definition) is 0. The summed E-state index contributed by atoms with van der Waals surface area (Å²) < 4.78 is 5.62. The van der Waals surface area contributed by atoms with Crippen LogP contribution < -0.4 is 4.74 Å². The predicted molar refractivity (Wildman–Crippen MR) is 61.2 cm³/mol. The summed E-state index contributed by atoms with van der Waals surface area (Å²) in [6.45, 7) is 4.91. The molecule has 0 spiro atoms. The van der Waals surface area contributed by atoms with Crippen molar-refractivity contribution in [1.29, 1.82) is 0 Å². The van der Waals surface area contributed by atoms with Gasteiger partial charge in [-0.25, -0.2) is 0 Å². The van der Waals surface area contributed by atoms with Gasteiger partial charge < -0.3 is 4.74 Å². The fourth-order valence-electron chi connectivity index (χ4n) is 1.14. The van der Waals surface area contributed by atoms with Crippen molar-refractivity contribution in [2.75, 3.05) is 12.5 Å². The fourth-order valence-corrected chi connectivity index (χ4v) is 1.23. The minimum atomic E-state index is 0.405. The zero-order valence-corrected chi connectivity index (χ0v) is 9.55. The van der Waals surface area contributed by atoms with Crippen LogP contribution in [0.4, 0.5) is 0 Å². The predicted octanol–water partition coefficient (Wildman–Crippen LogP) is 3.50. The standard InChI is InChI=1S/C12H17ClO/c1-3-11-5-4-6-12(7-11)14-9-10(2)8-13/h4-7,10H,3,8-9H2,1-2H3. The zero-order chi connectivity index (χ0) is 10.4. The molecule has 1 aromatic rings. The first-order valence-electron chi connectivity index (χ1n) is 5.04. The van der Waals surface area contributed by atoms with Gasteiger partial charge in [-0.3, -0.25) is 0 Å². The highest BCUT2D eigenvalue weighted by Crippen LogP contribution is 2.14. The Morgan fingerprint density at radius 3 is 2.86 bits per heavy atom. The van der Waals surface area contributed by atoms with E-state index < -0.39 is 0 Å². The molecule has 0 fully saturated rings. The molecule has 0 heterocycles. The Morgan fingerprint density at radius 1 is 1.43 bits per heavy atom. The molecule has 1 aromatic carbocycles. The lowest BCUT2D eigenvalue weighted by molar-refractivity contribution is 0.272. The molecule has 14 heavy (non-hydrogen) atoms. The molecule has 0 aliphatic carbocycles. The van der Waals surface area contributed by atoms with E-state index in [0.29, 0.717) is 18.4 Å². The molecule has 0 amide bonds. The topological polar surface area (TPSA) is 9.23 Å². The molecule has 1 atom stereocenters. The molecular formula is C12H17ClO. The number of aryl methyl sites for hydroxylation is 1. The molecule has 0 N–H and O–H groups in total. The first-order valence-corrected chi connectivity index (χ1v) is 5.57. The third kappa shape index (κ3) is 3.59. The SMILES string of the molecule is CCc1cccc(OCC(C)CCl)c1. The summed E-state index contributed by atoms with van der Waals surface area (Å²) in [4.78, 5) is 0. The van der Waals surface area contributed by atoms with E-state index in [1.165, 1.54) is 5.56 Å². The van der Waals surface area contributed by atoms with Gasteiger partial charge >= 0.3 is 0 Å². The van der Waals surface area contributed by atoms with E-state index in [0.717, 1.165) is 12.2 Å². The van der Waals surface area contributed by atoms with Crippen LogP contribution in [-0.4, -0.2) is 12.5 Å². The van der Waals surface area contributed by atoms with Crippen molar-refractivity contribution >= 4 is 11.6 Å². The van der Waals surface area contributed by atoms with Crippen molar-refractivity contribution in [3.05, 3.63) is 29.8 Å². The van der Waals surface area contributed by atoms with Gasteiger partial charge in [-0.2, -0.15) is 0 Å². The van der Waals surface area contributed by atoms with Crippen LogP contribution in [-0.2, 0) is 6.42 Å². The van der Waals surface area contributed by atoms with Gasteiger partial charge in [0.15, 0.2) is 0 Å². The molecule has 0 radical (unpaired) electrons. The lowest BCUT2D eigenvalue weighted by atomic mass is 10.2. The first kappa shape index (κ1) is 11.4. The van der Waals surface area contributed by atoms with Gasteiger partial charge in [-0.15, -0.1) is 11.6 Å². The highest BCUT2D eigenvalue weighted by atomic mass is 35.5. The largest absolute Gasteiger partial charge is 0.493 e. The van der Waals surface area contributed by atoms with Gasteiger partial charge in [0, 0.05) is 11.8 Å². The highest BCUT2D eigenvalue weighted by Gasteiger charge is 2.01. The summed E-state index contributed by atoms with van der Waals surface area (Å²) in [5.41, 5.74) is 1.31. The van der Waals surface area contributed by atoms with Crippen LogP contribution in [0.15, 0.2) is 24.3 Å². The normalized spacial score (nSPS) is 12.5. The summed E-state index contributed by atoms with van der Waals surface area (Å²) >= 11 is 5.70. The number of rotatable bonds is 5. The summed E-state index contributed by atoms with van der Waals surface area (Å²) in [7, 11) is 0. The van der Waals surface area contributed by atoms with E-state index in [1.54, 1.807) is 0 Å². The monoisotopic (exact) mass is 212 g/mol. The number of alkyl halides is 1. The van der Waals surface area contributed by atoms with Crippen LogP contribution >= 0.6 is 11.6 Å². The minimum Gasteiger partial charge on any atom is -0.493 e. The molecule has 2 heteroatoms. The van der Waals surface area contributed by atoms with Crippen LogP contribution in [0.5, 0.6) is 5.75 Å². The van der Waals surface area contributed by atoms with E-state index in [9.17, 15) is 0 Å². The molecule has 0 aliphatic heterocycles. The Morgan fingerprint density at radius 2 is 2.21 bits per heavy atom. The van der Waals surface area contributed by atoms with E-state index >= 15 is 0 Å². The third-order valence-corrected chi connectivity index (χ3v) is 2.63. The molecule has 0 aromatic heterocycles. The molecule has 0 saturated carbocycles. The second kappa shape index (κ2) is 5.92. The lowest BCUT2D eigenvalue weighted by Gasteiger charge is -2.10. The van der Waals surface area contributed by atoms with Crippen molar-refractivity contribution in [3.63, 3.8) is 0 Å². The molecular weight excluding hydrogens is 196 g/mol. The zero-order valence-electron chi connectivity index (χ0n) is 8.79. The van der Waals surface area contributed by atoms with Gasteiger partial charge in [0.25, 0.3) is 0 Å². The molecule has 1 unspecified atom stereocenters. The van der Waals surface area contributed by atoms with Crippen molar-refractivity contribution in [3.8, 4) is 5.75 Å². The molecule has 78 valence electrons. The summed E-state index contributed by atoms with van der Waals surface area (Å²) in [5, 5.41) is 0. The number of hydrogen-bond acceptors (Lipinski definition) is 1. The fraction of sp³-hybridized carbons (Fsp3) is 0.500. The van der Waals surface area contributed by atoms with Gasteiger partial charge in [0.1, 0.15) is 5.75 Å². The Kier molecular flexibility index (Phi) is 4.81. The summed E-state index contributed by atoms with van der Waals surface area (Å²) in [5.74, 6) is 2.00. The molecule has 1 nitrogen and oxygen atoms in total. The quantitative estimate of drug-likeness (QED) is 0.679. The summed E-state index contributed by atoms with van der Waals surface area (Å²) in [6, 6.07) is 8.21. The van der Waals surface area contributed by atoms with Gasteiger partial charge in [0.05, 0.1) is 6.61 Å². The lowest BCUT2D eigenvalue weighted by Crippen LogP contribution is -2.09. The Bertz CT molecular complexity index is 273. The van der Waals surface area contributed by atoms with Crippen molar-refractivity contribution in [2.24, 2.45) is 5.92 Å². The maximum absolute atomic E-state index is 5.70. The molecule has 1 rings (SSSR count). The van der Waals surface area contributed by atoms with Gasteiger partial charge in [0.2, 0.25) is 0 Å². The molecule has 0 aliphatic rings. The highest BCUT2D eigenvalue weighted by molar-refractivity contribution is 6.18. The van der Waals surface area contributed by atoms with Crippen LogP contribution in [0.3, 0.4) is 0 Å². The second-order valence-corrected chi connectivity index (χ2v) is 3.88. The maximum atomic E-state index is 5.70. The average molecular weight is 213 g/mol. The van der Waals surface area contributed by atoms with Crippen molar-refractivity contribution in [1.82, 2.24) is 0 Å². The van der Waals surface area contributed by atoms with E-state index in [-0.39, 0.29) is 0 Å². The van der Waals surface area contributed by atoms with Gasteiger partial charge in [-0.05, 0) is 24.1 Å². The molecule has 0 saturated heterocycles. The molecule has 0 bridgehead atoms. The van der Waals surface area contributed by atoms with E-state index in [1.807, 2.05) is 12.1 Å². The number of ether oxygens (including phenoxy) is 1. The van der Waals surface area contributed by atoms with Crippen LogP contribution in [0.2, 0.25) is 0 Å². The van der Waals surface area contributed by atoms with Crippen molar-refractivity contribution < 1.29 is 4.74 Å². The van der Waals surface area contributed by atoms with Crippen LogP contribution in [0.25, 0.3) is 0 Å². The Balaban J connectivity index is 2.50. The second-order valence-electron chi connectivity index (χ2n) is 3.57. The Labute approximate surface area is 91.0 Å². The van der Waals surface area contributed by atoms with Crippen molar-refractivity contribution in [2.45, 2.75) is 20.3 Å². The number of halogens is 1. The Hall–Kier alpha value is -0.690. The van der Waals surface area contributed by atoms with E-state index in [4.69, 9.17) is 16.3 Å². The third-order valence-electron chi connectivity index (χ3n) is 2.10.